The number of ether oxygens (including phenoxy) is 1. The summed E-state index contributed by atoms with van der Waals surface area (Å²) in [5, 5.41) is 2.80. The molecule has 0 saturated carbocycles. The number of nitrogens with one attached hydrogen (secondary N) is 2. The van der Waals surface area contributed by atoms with E-state index in [2.05, 4.69) is 10.0 Å². The molecular formula is C25H25N3O5S. The van der Waals surface area contributed by atoms with Gasteiger partial charge in [-0.25, -0.2) is 8.42 Å². The molecule has 1 saturated heterocycles. The van der Waals surface area contributed by atoms with Crippen molar-refractivity contribution in [3.05, 3.63) is 78.4 Å². The Kier molecular flexibility index (Phi) is 6.83. The first-order valence-corrected chi connectivity index (χ1v) is 12.4. The number of amides is 2. The number of rotatable bonds is 8. The Morgan fingerprint density at radius 2 is 1.74 bits per heavy atom. The van der Waals surface area contributed by atoms with E-state index in [0.717, 1.165) is 12.1 Å². The maximum absolute atomic E-state index is 12.7. The normalized spacial score (nSPS) is 13.6. The van der Waals surface area contributed by atoms with Gasteiger partial charge in [0, 0.05) is 35.6 Å². The molecule has 0 atom stereocenters. The monoisotopic (exact) mass is 479 g/mol. The van der Waals surface area contributed by atoms with Gasteiger partial charge in [-0.15, -0.1) is 0 Å². The van der Waals surface area contributed by atoms with Crippen molar-refractivity contribution in [1.29, 1.82) is 0 Å². The van der Waals surface area contributed by atoms with Gasteiger partial charge in [-0.3, -0.25) is 14.3 Å². The summed E-state index contributed by atoms with van der Waals surface area (Å²) in [5.41, 5.74) is 2.00. The quantitative estimate of drug-likeness (QED) is 0.502. The highest BCUT2D eigenvalue weighted by atomic mass is 32.2. The van der Waals surface area contributed by atoms with Crippen molar-refractivity contribution in [2.45, 2.75) is 24.7 Å². The van der Waals surface area contributed by atoms with Crippen LogP contribution in [0.5, 0.6) is 5.75 Å². The fourth-order valence-corrected chi connectivity index (χ4v) is 4.72. The Bertz CT molecular complexity index is 1290. The second-order valence-electron chi connectivity index (χ2n) is 7.74. The Labute approximate surface area is 198 Å². The predicted octanol–water partition coefficient (Wildman–Crippen LogP) is 4.27. The number of carbonyl (C=O) groups excluding carboxylic acids is 2. The summed E-state index contributed by atoms with van der Waals surface area (Å²) < 4.78 is 33.3. The largest absolute Gasteiger partial charge is 0.494 e. The predicted molar refractivity (Wildman–Crippen MR) is 131 cm³/mol. The molecule has 0 aromatic heterocycles. The van der Waals surface area contributed by atoms with Crippen molar-refractivity contribution in [2.24, 2.45) is 0 Å². The first-order chi connectivity index (χ1) is 16.4. The fourth-order valence-electron chi connectivity index (χ4n) is 3.66. The van der Waals surface area contributed by atoms with Crippen LogP contribution in [-0.2, 0) is 14.8 Å². The minimum Gasteiger partial charge on any atom is -0.494 e. The number of sulfonamides is 1. The van der Waals surface area contributed by atoms with E-state index in [4.69, 9.17) is 4.74 Å². The standard InChI is InChI=1S/C25H25N3O5S/c1-2-33-22-12-10-19(11-13-22)27-34(31,32)23-14-8-18(9-15-23)25(30)26-20-5-3-6-21(17-20)28-16-4-7-24(28)29/h3,5-6,8-15,17,27H,2,4,7,16H2,1H3,(H,26,30). The molecule has 1 aliphatic heterocycles. The molecule has 34 heavy (non-hydrogen) atoms. The highest BCUT2D eigenvalue weighted by Crippen LogP contribution is 2.25. The van der Waals surface area contributed by atoms with Crippen LogP contribution in [0.15, 0.2) is 77.7 Å². The van der Waals surface area contributed by atoms with E-state index in [1.807, 2.05) is 13.0 Å². The van der Waals surface area contributed by atoms with Crippen molar-refractivity contribution < 1.29 is 22.7 Å². The molecule has 0 bridgehead atoms. The third-order valence-corrected chi connectivity index (χ3v) is 6.73. The molecule has 0 aliphatic carbocycles. The van der Waals surface area contributed by atoms with Gasteiger partial charge in [-0.05, 0) is 80.1 Å². The lowest BCUT2D eigenvalue weighted by atomic mass is 10.2. The van der Waals surface area contributed by atoms with Crippen LogP contribution in [0.3, 0.4) is 0 Å². The third-order valence-electron chi connectivity index (χ3n) is 5.33. The molecule has 2 amide bonds. The smallest absolute Gasteiger partial charge is 0.261 e. The Morgan fingerprint density at radius 3 is 2.38 bits per heavy atom. The molecule has 3 aromatic carbocycles. The van der Waals surface area contributed by atoms with Gasteiger partial charge < -0.3 is 15.0 Å². The van der Waals surface area contributed by atoms with E-state index in [1.54, 1.807) is 47.4 Å². The SMILES string of the molecule is CCOc1ccc(NS(=O)(=O)c2ccc(C(=O)Nc3cccc(N4CCCC4=O)c3)cc2)cc1. The topological polar surface area (TPSA) is 105 Å². The van der Waals surface area contributed by atoms with Crippen LogP contribution in [0.4, 0.5) is 17.1 Å². The van der Waals surface area contributed by atoms with Gasteiger partial charge >= 0.3 is 0 Å². The van der Waals surface area contributed by atoms with E-state index in [0.29, 0.717) is 42.3 Å². The molecule has 3 aromatic rings. The van der Waals surface area contributed by atoms with Crippen LogP contribution in [0, 0.1) is 0 Å². The fraction of sp³-hybridized carbons (Fsp3) is 0.200. The summed E-state index contributed by atoms with van der Waals surface area (Å²) >= 11 is 0. The minimum atomic E-state index is -3.82. The van der Waals surface area contributed by atoms with Gasteiger partial charge in [0.1, 0.15) is 5.75 Å². The number of hydrogen-bond donors (Lipinski definition) is 2. The Hall–Kier alpha value is -3.85. The molecule has 176 valence electrons. The molecule has 8 nitrogen and oxygen atoms in total. The molecule has 0 radical (unpaired) electrons. The number of benzene rings is 3. The van der Waals surface area contributed by atoms with Gasteiger partial charge in [0.05, 0.1) is 11.5 Å². The first-order valence-electron chi connectivity index (χ1n) is 10.9. The van der Waals surface area contributed by atoms with Crippen LogP contribution in [0.1, 0.15) is 30.1 Å². The van der Waals surface area contributed by atoms with Crippen LogP contribution < -0.4 is 19.7 Å². The van der Waals surface area contributed by atoms with E-state index in [1.165, 1.54) is 24.3 Å². The molecule has 2 N–H and O–H groups in total. The summed E-state index contributed by atoms with van der Waals surface area (Å²) in [5.74, 6) is 0.339. The molecule has 0 spiro atoms. The summed E-state index contributed by atoms with van der Waals surface area (Å²) in [6, 6.07) is 19.4. The lowest BCUT2D eigenvalue weighted by Crippen LogP contribution is -2.23. The summed E-state index contributed by atoms with van der Waals surface area (Å²) in [6.45, 7) is 3.06. The molecular weight excluding hydrogens is 454 g/mol. The van der Waals surface area contributed by atoms with Gasteiger partial charge in [0.15, 0.2) is 0 Å². The lowest BCUT2D eigenvalue weighted by Gasteiger charge is -2.16. The number of hydrogen-bond acceptors (Lipinski definition) is 5. The van der Waals surface area contributed by atoms with E-state index in [-0.39, 0.29) is 16.7 Å². The van der Waals surface area contributed by atoms with Crippen molar-refractivity contribution in [3.63, 3.8) is 0 Å². The zero-order chi connectivity index (χ0) is 24.1. The molecule has 0 unspecified atom stereocenters. The average molecular weight is 480 g/mol. The molecule has 1 aliphatic rings. The lowest BCUT2D eigenvalue weighted by molar-refractivity contribution is -0.117. The van der Waals surface area contributed by atoms with Gasteiger partial charge in [-0.1, -0.05) is 6.07 Å². The van der Waals surface area contributed by atoms with Gasteiger partial charge in [0.25, 0.3) is 15.9 Å². The maximum atomic E-state index is 12.7. The number of carbonyl (C=O) groups is 2. The minimum absolute atomic E-state index is 0.0347. The van der Waals surface area contributed by atoms with Crippen molar-refractivity contribution in [2.75, 3.05) is 28.1 Å². The van der Waals surface area contributed by atoms with E-state index >= 15 is 0 Å². The molecule has 1 fully saturated rings. The van der Waals surface area contributed by atoms with Crippen LogP contribution in [-0.4, -0.2) is 33.4 Å². The molecule has 1 heterocycles. The highest BCUT2D eigenvalue weighted by Gasteiger charge is 2.22. The second-order valence-corrected chi connectivity index (χ2v) is 9.42. The van der Waals surface area contributed by atoms with Crippen LogP contribution in [0.2, 0.25) is 0 Å². The van der Waals surface area contributed by atoms with Crippen molar-refractivity contribution in [3.8, 4) is 5.75 Å². The van der Waals surface area contributed by atoms with Crippen LogP contribution >= 0.6 is 0 Å². The third kappa shape index (κ3) is 5.37. The Morgan fingerprint density at radius 1 is 1.00 bits per heavy atom. The number of nitrogens with zero attached hydrogens (tertiary/aromatic N) is 1. The number of anilines is 3. The Balaban J connectivity index is 1.42. The van der Waals surface area contributed by atoms with Gasteiger partial charge in [-0.2, -0.15) is 0 Å². The van der Waals surface area contributed by atoms with Crippen LogP contribution in [0.25, 0.3) is 0 Å². The summed E-state index contributed by atoms with van der Waals surface area (Å²) in [4.78, 5) is 26.4. The van der Waals surface area contributed by atoms with Gasteiger partial charge in [0.2, 0.25) is 5.91 Å². The van der Waals surface area contributed by atoms with Crippen molar-refractivity contribution in [1.82, 2.24) is 0 Å². The maximum Gasteiger partial charge on any atom is 0.261 e. The zero-order valence-corrected chi connectivity index (χ0v) is 19.5. The van der Waals surface area contributed by atoms with E-state index < -0.39 is 10.0 Å². The summed E-state index contributed by atoms with van der Waals surface area (Å²) in [6.07, 6.45) is 1.34. The molecule has 9 heteroatoms. The van der Waals surface area contributed by atoms with E-state index in [9.17, 15) is 18.0 Å². The second kappa shape index (κ2) is 9.96. The van der Waals surface area contributed by atoms with Crippen molar-refractivity contribution >= 4 is 38.9 Å². The zero-order valence-electron chi connectivity index (χ0n) is 18.7. The summed E-state index contributed by atoms with van der Waals surface area (Å²) in [7, 11) is -3.82. The molecule has 4 rings (SSSR count). The first kappa shape index (κ1) is 23.3. The highest BCUT2D eigenvalue weighted by molar-refractivity contribution is 7.92. The average Bonchev–Trinajstić information content (AvgIpc) is 3.26.